The molecular formula is C12H23BrO2. The summed E-state index contributed by atoms with van der Waals surface area (Å²) in [6.07, 6.45) is 11.5. The minimum atomic E-state index is -0.0195. The van der Waals surface area contributed by atoms with Crippen molar-refractivity contribution in [2.75, 3.05) is 19.5 Å². The fourth-order valence-electron chi connectivity index (χ4n) is 1.38. The third-order valence-electron chi connectivity index (χ3n) is 2.28. The summed E-state index contributed by atoms with van der Waals surface area (Å²) < 4.78 is 10.2. The molecule has 0 aliphatic carbocycles. The van der Waals surface area contributed by atoms with E-state index in [2.05, 4.69) is 28.1 Å². The molecular weight excluding hydrogens is 256 g/mol. The van der Waals surface area contributed by atoms with E-state index in [0.29, 0.717) is 0 Å². The van der Waals surface area contributed by atoms with Crippen LogP contribution < -0.4 is 0 Å². The van der Waals surface area contributed by atoms with Gasteiger partial charge >= 0.3 is 0 Å². The topological polar surface area (TPSA) is 18.5 Å². The third kappa shape index (κ3) is 10.4. The van der Waals surface area contributed by atoms with Crippen molar-refractivity contribution in [3.05, 3.63) is 12.2 Å². The van der Waals surface area contributed by atoms with E-state index in [9.17, 15) is 0 Å². The third-order valence-corrected chi connectivity index (χ3v) is 2.74. The molecule has 0 spiro atoms. The first-order valence-corrected chi connectivity index (χ1v) is 6.73. The number of rotatable bonds is 10. The number of alkyl halides is 1. The Bertz CT molecular complexity index is 145. The van der Waals surface area contributed by atoms with Gasteiger partial charge in [0.05, 0.1) is 0 Å². The van der Waals surface area contributed by atoms with Crippen LogP contribution in [0.2, 0.25) is 0 Å². The van der Waals surface area contributed by atoms with Gasteiger partial charge in [-0.15, -0.1) is 0 Å². The van der Waals surface area contributed by atoms with Crippen molar-refractivity contribution in [3.8, 4) is 0 Å². The lowest BCUT2D eigenvalue weighted by Crippen LogP contribution is -2.12. The summed E-state index contributed by atoms with van der Waals surface area (Å²) >= 11 is 3.40. The SMILES string of the molecule is COC(CCCCC/C=C/CCBr)OC. The number of hydrogen-bond acceptors (Lipinski definition) is 2. The first-order valence-electron chi connectivity index (χ1n) is 5.61. The summed E-state index contributed by atoms with van der Waals surface area (Å²) in [5.74, 6) is 0. The number of unbranched alkanes of at least 4 members (excludes halogenated alkanes) is 3. The van der Waals surface area contributed by atoms with Crippen molar-refractivity contribution in [1.29, 1.82) is 0 Å². The maximum atomic E-state index is 5.12. The number of halogens is 1. The highest BCUT2D eigenvalue weighted by Gasteiger charge is 2.02. The quantitative estimate of drug-likeness (QED) is 0.261. The summed E-state index contributed by atoms with van der Waals surface area (Å²) in [6.45, 7) is 0. The molecule has 0 N–H and O–H groups in total. The van der Waals surface area contributed by atoms with Gasteiger partial charge in [0, 0.05) is 19.5 Å². The number of ether oxygens (including phenoxy) is 2. The van der Waals surface area contributed by atoms with Crippen molar-refractivity contribution in [2.24, 2.45) is 0 Å². The normalized spacial score (nSPS) is 11.7. The van der Waals surface area contributed by atoms with E-state index < -0.39 is 0 Å². The van der Waals surface area contributed by atoms with Crippen molar-refractivity contribution >= 4 is 15.9 Å². The van der Waals surface area contributed by atoms with Crippen molar-refractivity contribution in [3.63, 3.8) is 0 Å². The molecule has 0 atom stereocenters. The molecule has 15 heavy (non-hydrogen) atoms. The Morgan fingerprint density at radius 1 is 1.00 bits per heavy atom. The molecule has 0 aliphatic heterocycles. The van der Waals surface area contributed by atoms with Crippen LogP contribution in [0.5, 0.6) is 0 Å². The highest BCUT2D eigenvalue weighted by Crippen LogP contribution is 2.08. The van der Waals surface area contributed by atoms with Crippen molar-refractivity contribution in [2.45, 2.75) is 44.8 Å². The summed E-state index contributed by atoms with van der Waals surface area (Å²) in [7, 11) is 3.38. The zero-order chi connectivity index (χ0) is 11.4. The lowest BCUT2D eigenvalue weighted by Gasteiger charge is -2.12. The van der Waals surface area contributed by atoms with Crippen LogP contribution in [0.15, 0.2) is 12.2 Å². The Balaban J connectivity index is 3.17. The van der Waals surface area contributed by atoms with Crippen molar-refractivity contribution < 1.29 is 9.47 Å². The van der Waals surface area contributed by atoms with Gasteiger partial charge < -0.3 is 9.47 Å². The van der Waals surface area contributed by atoms with Crippen LogP contribution in [0.25, 0.3) is 0 Å². The van der Waals surface area contributed by atoms with Gasteiger partial charge in [-0.1, -0.05) is 34.5 Å². The van der Waals surface area contributed by atoms with E-state index >= 15 is 0 Å². The van der Waals surface area contributed by atoms with Crippen LogP contribution in [-0.4, -0.2) is 25.8 Å². The highest BCUT2D eigenvalue weighted by molar-refractivity contribution is 9.09. The van der Waals surface area contributed by atoms with Gasteiger partial charge in [0.25, 0.3) is 0 Å². The summed E-state index contributed by atoms with van der Waals surface area (Å²) in [5.41, 5.74) is 0. The molecule has 3 heteroatoms. The minimum Gasteiger partial charge on any atom is -0.356 e. The first kappa shape index (κ1) is 15.1. The Kier molecular flexibility index (Phi) is 12.3. The maximum absolute atomic E-state index is 5.12. The molecule has 0 radical (unpaired) electrons. The Hall–Kier alpha value is 0.140. The standard InChI is InChI=1S/C12H23BrO2/c1-14-12(15-2)10-8-6-4-3-5-7-9-11-13/h5,7,12H,3-4,6,8-11H2,1-2H3/b7-5+. The van der Waals surface area contributed by atoms with Gasteiger partial charge in [-0.3, -0.25) is 0 Å². The van der Waals surface area contributed by atoms with E-state index in [1.165, 1.54) is 25.7 Å². The maximum Gasteiger partial charge on any atom is 0.156 e. The van der Waals surface area contributed by atoms with Gasteiger partial charge in [0.15, 0.2) is 6.29 Å². The molecule has 0 fully saturated rings. The van der Waals surface area contributed by atoms with Crippen LogP contribution in [0.1, 0.15) is 38.5 Å². The van der Waals surface area contributed by atoms with Crippen LogP contribution in [0.3, 0.4) is 0 Å². The Morgan fingerprint density at radius 2 is 1.67 bits per heavy atom. The van der Waals surface area contributed by atoms with E-state index in [1.807, 2.05) is 0 Å². The number of methoxy groups -OCH3 is 2. The van der Waals surface area contributed by atoms with Gasteiger partial charge in [-0.25, -0.2) is 0 Å². The molecule has 0 heterocycles. The molecule has 0 aromatic rings. The van der Waals surface area contributed by atoms with Crippen LogP contribution in [0.4, 0.5) is 0 Å². The van der Waals surface area contributed by atoms with Crippen molar-refractivity contribution in [1.82, 2.24) is 0 Å². The molecule has 0 saturated carbocycles. The average molecular weight is 279 g/mol. The molecule has 0 rings (SSSR count). The second-order valence-electron chi connectivity index (χ2n) is 3.49. The molecule has 0 aromatic heterocycles. The summed E-state index contributed by atoms with van der Waals surface area (Å²) in [6, 6.07) is 0. The second kappa shape index (κ2) is 12.2. The molecule has 90 valence electrons. The van der Waals surface area contributed by atoms with E-state index in [4.69, 9.17) is 9.47 Å². The largest absolute Gasteiger partial charge is 0.356 e. The number of hydrogen-bond donors (Lipinski definition) is 0. The van der Waals surface area contributed by atoms with Crippen LogP contribution in [-0.2, 0) is 9.47 Å². The molecule has 0 bridgehead atoms. The highest BCUT2D eigenvalue weighted by atomic mass is 79.9. The molecule has 2 nitrogen and oxygen atoms in total. The lowest BCUT2D eigenvalue weighted by atomic mass is 10.1. The van der Waals surface area contributed by atoms with E-state index in [1.54, 1.807) is 14.2 Å². The lowest BCUT2D eigenvalue weighted by molar-refractivity contribution is -0.107. The monoisotopic (exact) mass is 278 g/mol. The first-order chi connectivity index (χ1) is 7.35. The van der Waals surface area contributed by atoms with Gasteiger partial charge in [-0.05, 0) is 32.1 Å². The summed E-state index contributed by atoms with van der Waals surface area (Å²) in [4.78, 5) is 0. The molecule has 0 aliphatic rings. The average Bonchev–Trinajstić information content (AvgIpc) is 2.27. The van der Waals surface area contributed by atoms with Gasteiger partial charge in [0.2, 0.25) is 0 Å². The van der Waals surface area contributed by atoms with Gasteiger partial charge in [0.1, 0.15) is 0 Å². The minimum absolute atomic E-state index is 0.0195. The summed E-state index contributed by atoms with van der Waals surface area (Å²) in [5, 5.41) is 1.06. The van der Waals surface area contributed by atoms with Gasteiger partial charge in [-0.2, -0.15) is 0 Å². The Labute approximate surface area is 102 Å². The molecule has 0 amide bonds. The predicted octanol–water partition coefficient (Wildman–Crippen LogP) is 3.90. The fourth-order valence-corrected chi connectivity index (χ4v) is 1.64. The fraction of sp³-hybridized carbons (Fsp3) is 0.833. The second-order valence-corrected chi connectivity index (χ2v) is 4.28. The molecule has 0 aromatic carbocycles. The Morgan fingerprint density at radius 3 is 2.27 bits per heavy atom. The smallest absolute Gasteiger partial charge is 0.156 e. The predicted molar refractivity (Wildman–Crippen MR) is 68.4 cm³/mol. The zero-order valence-corrected chi connectivity index (χ0v) is 11.5. The van der Waals surface area contributed by atoms with E-state index in [-0.39, 0.29) is 6.29 Å². The molecule has 0 saturated heterocycles. The molecule has 0 unspecified atom stereocenters. The zero-order valence-electron chi connectivity index (χ0n) is 9.88. The van der Waals surface area contributed by atoms with Crippen LogP contribution >= 0.6 is 15.9 Å². The van der Waals surface area contributed by atoms with E-state index in [0.717, 1.165) is 18.2 Å². The number of allylic oxidation sites excluding steroid dienone is 2. The van der Waals surface area contributed by atoms with Crippen LogP contribution in [0, 0.1) is 0 Å².